The number of aryl methyl sites for hydroxylation is 2. The van der Waals surface area contributed by atoms with Gasteiger partial charge in [0, 0.05) is 5.75 Å². The van der Waals surface area contributed by atoms with Crippen LogP contribution in [0.5, 0.6) is 0 Å². The van der Waals surface area contributed by atoms with Crippen molar-refractivity contribution in [1.82, 2.24) is 0 Å². The molecule has 0 saturated carbocycles. The van der Waals surface area contributed by atoms with Gasteiger partial charge >= 0.3 is 0 Å². The Bertz CT molecular complexity index is 916. The van der Waals surface area contributed by atoms with Gasteiger partial charge in [0.1, 0.15) is 5.70 Å². The molecular formula is C21H19ClN2OS. The first kappa shape index (κ1) is 18.5. The minimum absolute atomic E-state index is 0.178. The number of anilines is 1. The first-order valence-electron chi connectivity index (χ1n) is 8.21. The van der Waals surface area contributed by atoms with E-state index in [2.05, 4.69) is 11.6 Å². The maximum atomic E-state index is 13.0. The molecule has 2 aromatic rings. The number of amidine groups is 1. The first-order chi connectivity index (χ1) is 12.5. The molecule has 0 unspecified atom stereocenters. The fraction of sp³-hybridized carbons (Fsp3) is 0.143. The first-order valence-corrected chi connectivity index (χ1v) is 9.57. The van der Waals surface area contributed by atoms with E-state index in [9.17, 15) is 4.79 Å². The van der Waals surface area contributed by atoms with E-state index < -0.39 is 0 Å². The summed E-state index contributed by atoms with van der Waals surface area (Å²) in [6.07, 6.45) is 3.59. The number of hydrogen-bond donors (Lipinski definition) is 0. The Labute approximate surface area is 163 Å². The quantitative estimate of drug-likeness (QED) is 0.507. The largest absolute Gasteiger partial charge is 0.283 e. The average Bonchev–Trinajstić information content (AvgIpc) is 2.91. The summed E-state index contributed by atoms with van der Waals surface area (Å²) in [7, 11) is 0. The second-order valence-electron chi connectivity index (χ2n) is 6.03. The lowest BCUT2D eigenvalue weighted by Crippen LogP contribution is -2.30. The summed E-state index contributed by atoms with van der Waals surface area (Å²) in [5.41, 5.74) is 4.19. The van der Waals surface area contributed by atoms with Gasteiger partial charge in [-0.05, 0) is 43.2 Å². The van der Waals surface area contributed by atoms with Gasteiger partial charge in [0.15, 0.2) is 5.17 Å². The Morgan fingerprint density at radius 2 is 1.85 bits per heavy atom. The number of amides is 1. The minimum atomic E-state index is -0.178. The molecule has 0 radical (unpaired) electrons. The molecule has 1 aliphatic rings. The van der Waals surface area contributed by atoms with Crippen LogP contribution in [0.3, 0.4) is 0 Å². The van der Waals surface area contributed by atoms with Crippen molar-refractivity contribution < 1.29 is 4.79 Å². The zero-order valence-corrected chi connectivity index (χ0v) is 16.3. The number of thioether (sulfide) groups is 1. The third kappa shape index (κ3) is 3.92. The van der Waals surface area contributed by atoms with E-state index in [1.165, 1.54) is 17.3 Å². The number of carbonyl (C=O) groups excluding carboxylic acids is 1. The second-order valence-corrected chi connectivity index (χ2v) is 7.42. The number of hydrogen-bond acceptors (Lipinski definition) is 3. The Balaban J connectivity index is 2.01. The van der Waals surface area contributed by atoms with Crippen LogP contribution >= 0.6 is 23.4 Å². The van der Waals surface area contributed by atoms with Gasteiger partial charge in [0.05, 0.1) is 10.7 Å². The molecule has 2 aromatic carbocycles. The molecule has 0 saturated heterocycles. The summed E-state index contributed by atoms with van der Waals surface area (Å²) in [6, 6.07) is 13.6. The van der Waals surface area contributed by atoms with Crippen LogP contribution in [0.15, 0.2) is 65.8 Å². The Morgan fingerprint density at radius 3 is 2.50 bits per heavy atom. The fourth-order valence-corrected chi connectivity index (χ4v) is 3.61. The number of halogens is 1. The molecule has 0 N–H and O–H groups in total. The number of rotatable bonds is 4. The van der Waals surface area contributed by atoms with Gasteiger partial charge in [-0.25, -0.2) is 4.99 Å². The summed E-state index contributed by atoms with van der Waals surface area (Å²) in [4.78, 5) is 19.2. The van der Waals surface area contributed by atoms with Gasteiger partial charge in [-0.2, -0.15) is 0 Å². The molecule has 0 atom stereocenters. The molecule has 5 heteroatoms. The van der Waals surface area contributed by atoms with E-state index in [1.54, 1.807) is 17.1 Å². The summed E-state index contributed by atoms with van der Waals surface area (Å²) in [6.45, 7) is 7.74. The van der Waals surface area contributed by atoms with E-state index in [1.807, 2.05) is 56.3 Å². The van der Waals surface area contributed by atoms with Crippen LogP contribution < -0.4 is 4.90 Å². The van der Waals surface area contributed by atoms with Crippen molar-refractivity contribution >= 4 is 46.2 Å². The Hall–Kier alpha value is -2.30. The van der Waals surface area contributed by atoms with Gasteiger partial charge in [-0.1, -0.05) is 65.3 Å². The van der Waals surface area contributed by atoms with Gasteiger partial charge < -0.3 is 0 Å². The highest BCUT2D eigenvalue weighted by Crippen LogP contribution is 2.34. The highest BCUT2D eigenvalue weighted by Gasteiger charge is 2.32. The molecule has 0 aromatic heterocycles. The highest BCUT2D eigenvalue weighted by atomic mass is 35.5. The predicted molar refractivity (Wildman–Crippen MR) is 113 cm³/mol. The molecule has 0 spiro atoms. The molecule has 0 bridgehead atoms. The van der Waals surface area contributed by atoms with Crippen molar-refractivity contribution in [3.05, 3.63) is 82.5 Å². The minimum Gasteiger partial charge on any atom is -0.266 e. The zero-order valence-electron chi connectivity index (χ0n) is 14.7. The van der Waals surface area contributed by atoms with Crippen molar-refractivity contribution in [1.29, 1.82) is 0 Å². The van der Waals surface area contributed by atoms with Crippen molar-refractivity contribution in [2.45, 2.75) is 13.8 Å². The molecule has 0 aliphatic carbocycles. The number of aliphatic imine (C=N–C) groups is 1. The van der Waals surface area contributed by atoms with Gasteiger partial charge in [-0.15, -0.1) is 6.58 Å². The molecule has 132 valence electrons. The van der Waals surface area contributed by atoms with Crippen LogP contribution in [0.2, 0.25) is 5.02 Å². The molecule has 26 heavy (non-hydrogen) atoms. The third-order valence-corrected chi connectivity index (χ3v) is 5.12. The average molecular weight is 383 g/mol. The Kier molecular flexibility index (Phi) is 5.64. The maximum Gasteiger partial charge on any atom is 0.283 e. The third-order valence-electron chi connectivity index (χ3n) is 3.88. The van der Waals surface area contributed by atoms with E-state index >= 15 is 0 Å². The standard InChI is InChI=1S/C21H19ClN2OS/c1-4-11-26-21-23-18(13-16-8-5-14(2)6-9-16)20(25)24(21)19-10-7-15(3)12-17(19)22/h4-10,12-13H,1,11H2,2-3H3/b18-13+. The van der Waals surface area contributed by atoms with E-state index in [0.29, 0.717) is 27.3 Å². The highest BCUT2D eigenvalue weighted by molar-refractivity contribution is 8.14. The normalized spacial score (nSPS) is 15.5. The van der Waals surface area contributed by atoms with Crippen LogP contribution in [0.25, 0.3) is 6.08 Å². The molecule has 1 aliphatic heterocycles. The lowest BCUT2D eigenvalue weighted by molar-refractivity contribution is -0.113. The molecule has 3 nitrogen and oxygen atoms in total. The van der Waals surface area contributed by atoms with E-state index in [-0.39, 0.29) is 5.91 Å². The van der Waals surface area contributed by atoms with Crippen LogP contribution in [-0.4, -0.2) is 16.8 Å². The number of benzene rings is 2. The maximum absolute atomic E-state index is 13.0. The summed E-state index contributed by atoms with van der Waals surface area (Å²) in [5.74, 6) is 0.479. The van der Waals surface area contributed by atoms with Gasteiger partial charge in [0.25, 0.3) is 5.91 Å². The Morgan fingerprint density at radius 1 is 1.15 bits per heavy atom. The van der Waals surface area contributed by atoms with Crippen LogP contribution in [0.1, 0.15) is 16.7 Å². The number of nitrogens with zero attached hydrogens (tertiary/aromatic N) is 2. The molecule has 1 heterocycles. The summed E-state index contributed by atoms with van der Waals surface area (Å²) in [5, 5.41) is 1.14. The summed E-state index contributed by atoms with van der Waals surface area (Å²) < 4.78 is 0. The van der Waals surface area contributed by atoms with Crippen LogP contribution in [0, 0.1) is 13.8 Å². The van der Waals surface area contributed by atoms with Crippen molar-refractivity contribution in [3.63, 3.8) is 0 Å². The lowest BCUT2D eigenvalue weighted by Gasteiger charge is -2.19. The number of carbonyl (C=O) groups is 1. The van der Waals surface area contributed by atoms with E-state index in [0.717, 1.165) is 11.1 Å². The van der Waals surface area contributed by atoms with Gasteiger partial charge in [0.2, 0.25) is 0 Å². The van der Waals surface area contributed by atoms with Crippen molar-refractivity contribution in [2.24, 2.45) is 4.99 Å². The summed E-state index contributed by atoms with van der Waals surface area (Å²) >= 11 is 7.86. The van der Waals surface area contributed by atoms with Gasteiger partial charge in [-0.3, -0.25) is 9.69 Å². The van der Waals surface area contributed by atoms with E-state index in [4.69, 9.17) is 11.6 Å². The molecule has 1 amide bonds. The predicted octanol–water partition coefficient (Wildman–Crippen LogP) is 5.62. The molecular weight excluding hydrogens is 364 g/mol. The topological polar surface area (TPSA) is 32.7 Å². The van der Waals surface area contributed by atoms with Crippen LogP contribution in [0.4, 0.5) is 5.69 Å². The molecule has 0 fully saturated rings. The smallest absolute Gasteiger partial charge is 0.266 e. The van der Waals surface area contributed by atoms with Crippen molar-refractivity contribution in [3.8, 4) is 0 Å². The fourth-order valence-electron chi connectivity index (χ4n) is 2.55. The monoisotopic (exact) mass is 382 g/mol. The second kappa shape index (κ2) is 7.94. The molecule has 3 rings (SSSR count). The van der Waals surface area contributed by atoms with Crippen molar-refractivity contribution in [2.75, 3.05) is 10.7 Å². The zero-order chi connectivity index (χ0) is 18.7. The van der Waals surface area contributed by atoms with Crippen LogP contribution in [-0.2, 0) is 4.79 Å². The lowest BCUT2D eigenvalue weighted by atomic mass is 10.1. The SMILES string of the molecule is C=CCSC1=N/C(=C/c2ccc(C)cc2)C(=O)N1c1ccc(C)cc1Cl.